The van der Waals surface area contributed by atoms with Gasteiger partial charge in [0.05, 0.1) is 18.1 Å². The zero-order valence-corrected chi connectivity index (χ0v) is 19.2. The zero-order chi connectivity index (χ0) is 23.4. The molecule has 3 fully saturated rings. The molecule has 1 aromatic rings. The number of piperazine rings is 2. The number of nitrogens with zero attached hydrogens (tertiary/aromatic N) is 1. The highest BCUT2D eigenvalue weighted by Crippen LogP contribution is 2.25. The normalized spacial score (nSPS) is 32.3. The van der Waals surface area contributed by atoms with Gasteiger partial charge in [-0.2, -0.15) is 0 Å². The van der Waals surface area contributed by atoms with Crippen LogP contribution in [0.2, 0.25) is 0 Å². The van der Waals surface area contributed by atoms with E-state index in [0.29, 0.717) is 38.8 Å². The lowest BCUT2D eigenvalue weighted by molar-refractivity contribution is -0.144. The summed E-state index contributed by atoms with van der Waals surface area (Å²) in [4.78, 5) is 53.8. The van der Waals surface area contributed by atoms with Gasteiger partial charge < -0.3 is 16.0 Å². The van der Waals surface area contributed by atoms with E-state index in [1.807, 2.05) is 35.2 Å². The Morgan fingerprint density at radius 3 is 2.61 bits per heavy atom. The minimum Gasteiger partial charge on any atom is -0.344 e. The molecule has 4 rings (SSSR count). The molecule has 2 amide bonds. The van der Waals surface area contributed by atoms with E-state index >= 15 is 0 Å². The summed E-state index contributed by atoms with van der Waals surface area (Å²) < 4.78 is 0. The number of amides is 2. The third-order valence-corrected chi connectivity index (χ3v) is 7.09. The topological polar surface area (TPSA) is 108 Å². The summed E-state index contributed by atoms with van der Waals surface area (Å²) in [6.07, 6.45) is 4.61. The van der Waals surface area contributed by atoms with Crippen LogP contribution >= 0.6 is 0 Å². The number of unbranched alkanes of at least 4 members (excludes halogenated alkanes) is 1. The van der Waals surface area contributed by atoms with Crippen molar-refractivity contribution in [3.8, 4) is 0 Å². The van der Waals surface area contributed by atoms with Crippen LogP contribution in [0.3, 0.4) is 0 Å². The number of carbonyl (C=O) groups excluding carboxylic acids is 4. The van der Waals surface area contributed by atoms with Gasteiger partial charge in [0.25, 0.3) is 0 Å². The molecular formula is C25H34N4O4. The van der Waals surface area contributed by atoms with Crippen molar-refractivity contribution in [3.63, 3.8) is 0 Å². The molecule has 0 spiro atoms. The predicted molar refractivity (Wildman–Crippen MR) is 123 cm³/mol. The summed E-state index contributed by atoms with van der Waals surface area (Å²) in [5.41, 5.74) is 1.00. The van der Waals surface area contributed by atoms with Crippen molar-refractivity contribution in [2.24, 2.45) is 0 Å². The summed E-state index contributed by atoms with van der Waals surface area (Å²) in [6, 6.07) is 7.18. The summed E-state index contributed by atoms with van der Waals surface area (Å²) in [6.45, 7) is 2.80. The molecular weight excluding hydrogens is 420 g/mol. The second-order valence-electron chi connectivity index (χ2n) is 9.40. The Morgan fingerprint density at radius 2 is 1.88 bits per heavy atom. The second-order valence-corrected chi connectivity index (χ2v) is 9.40. The number of hydrogen-bond acceptors (Lipinski definition) is 6. The van der Waals surface area contributed by atoms with Gasteiger partial charge in [0.1, 0.15) is 12.1 Å². The van der Waals surface area contributed by atoms with E-state index in [1.54, 1.807) is 0 Å². The van der Waals surface area contributed by atoms with Crippen LogP contribution in [0.25, 0.3) is 0 Å². The van der Waals surface area contributed by atoms with Crippen molar-refractivity contribution < 1.29 is 19.2 Å². The average Bonchev–Trinajstić information content (AvgIpc) is 2.81. The number of Topliss-reactive ketones (excluding diaryl/α,β-unsaturated/α-hetero) is 2. The van der Waals surface area contributed by atoms with E-state index in [0.717, 1.165) is 24.8 Å². The Hall–Kier alpha value is -2.58. The Bertz CT molecular complexity index is 890. The Kier molecular flexibility index (Phi) is 7.55. The molecule has 33 heavy (non-hydrogen) atoms. The van der Waals surface area contributed by atoms with E-state index in [2.05, 4.69) is 22.9 Å². The van der Waals surface area contributed by atoms with Gasteiger partial charge in [-0.05, 0) is 31.2 Å². The molecule has 3 heterocycles. The van der Waals surface area contributed by atoms with Crippen LogP contribution in [-0.4, -0.2) is 71.6 Å². The fourth-order valence-electron chi connectivity index (χ4n) is 5.21. The minimum absolute atomic E-state index is 0.0174. The van der Waals surface area contributed by atoms with E-state index in [9.17, 15) is 19.2 Å². The molecule has 178 valence electrons. The first-order valence-electron chi connectivity index (χ1n) is 12.2. The van der Waals surface area contributed by atoms with Crippen LogP contribution in [0.1, 0.15) is 51.0 Å². The highest BCUT2D eigenvalue weighted by molar-refractivity contribution is 5.97. The van der Waals surface area contributed by atoms with Crippen LogP contribution in [0.4, 0.5) is 0 Å². The maximum absolute atomic E-state index is 13.7. The van der Waals surface area contributed by atoms with Crippen LogP contribution < -0.4 is 16.0 Å². The van der Waals surface area contributed by atoms with Crippen molar-refractivity contribution in [3.05, 3.63) is 35.9 Å². The summed E-state index contributed by atoms with van der Waals surface area (Å²) >= 11 is 0. The molecule has 8 nitrogen and oxygen atoms in total. The SMILES string of the molecule is CCCC[C@@H]1NC[C@H](C(=O)C2CCCC(=O)[C@H]3CN2[C@H](Cc2ccccc2)C(=O)N3)NC1=O. The molecule has 2 unspecified atom stereocenters. The van der Waals surface area contributed by atoms with Gasteiger partial charge in [-0.25, -0.2) is 0 Å². The van der Waals surface area contributed by atoms with Crippen LogP contribution in [0.5, 0.6) is 0 Å². The minimum atomic E-state index is -0.628. The van der Waals surface area contributed by atoms with Gasteiger partial charge in [-0.3, -0.25) is 24.1 Å². The van der Waals surface area contributed by atoms with Gasteiger partial charge >= 0.3 is 0 Å². The molecule has 0 radical (unpaired) electrons. The third kappa shape index (κ3) is 5.33. The Labute approximate surface area is 194 Å². The lowest BCUT2D eigenvalue weighted by atomic mass is 9.87. The quantitative estimate of drug-likeness (QED) is 0.561. The number of hydrogen-bond donors (Lipinski definition) is 3. The van der Waals surface area contributed by atoms with E-state index in [-0.39, 0.29) is 29.4 Å². The Morgan fingerprint density at radius 1 is 1.09 bits per heavy atom. The number of rotatable bonds is 7. The zero-order valence-electron chi connectivity index (χ0n) is 19.2. The average molecular weight is 455 g/mol. The first-order valence-corrected chi connectivity index (χ1v) is 12.2. The molecule has 6 atom stereocenters. The van der Waals surface area contributed by atoms with Gasteiger partial charge in [-0.1, -0.05) is 50.1 Å². The number of ketones is 2. The molecule has 2 bridgehead atoms. The van der Waals surface area contributed by atoms with Crippen molar-refractivity contribution in [2.45, 2.75) is 82.1 Å². The van der Waals surface area contributed by atoms with E-state index in [4.69, 9.17) is 0 Å². The first kappa shape index (κ1) is 23.6. The van der Waals surface area contributed by atoms with Crippen LogP contribution in [0, 0.1) is 0 Å². The van der Waals surface area contributed by atoms with Crippen molar-refractivity contribution >= 4 is 23.4 Å². The fraction of sp³-hybridized carbons (Fsp3) is 0.600. The van der Waals surface area contributed by atoms with Crippen LogP contribution in [-0.2, 0) is 25.6 Å². The first-order chi connectivity index (χ1) is 16.0. The molecule has 3 saturated heterocycles. The smallest absolute Gasteiger partial charge is 0.238 e. The van der Waals surface area contributed by atoms with Crippen LogP contribution in [0.15, 0.2) is 30.3 Å². The third-order valence-electron chi connectivity index (χ3n) is 7.09. The molecule has 3 aliphatic heterocycles. The summed E-state index contributed by atoms with van der Waals surface area (Å²) in [5.74, 6) is -0.410. The Balaban J connectivity index is 1.54. The molecule has 3 N–H and O–H groups in total. The standard InChI is InChI=1S/C25H34N4O4/c1-2-3-10-17-24(32)27-18(14-26-17)23(31)20-11-7-12-22(30)19-15-29(20)21(25(33)28-19)13-16-8-5-4-6-9-16/h4-6,8-9,17-21,26H,2-3,7,10-15H2,1H3,(H,27,32)(H,28,33)/t17-,18+,19+,20?,21+/m0/s1. The predicted octanol–water partition coefficient (Wildman–Crippen LogP) is 0.736. The number of nitrogens with one attached hydrogen (secondary N) is 3. The van der Waals surface area contributed by atoms with Crippen molar-refractivity contribution in [2.75, 3.05) is 13.1 Å². The second kappa shape index (κ2) is 10.6. The number of fused-ring (bicyclic) bond motifs is 2. The highest BCUT2D eigenvalue weighted by Gasteiger charge is 2.45. The maximum Gasteiger partial charge on any atom is 0.238 e. The lowest BCUT2D eigenvalue weighted by Crippen LogP contribution is -2.69. The van der Waals surface area contributed by atoms with Crippen molar-refractivity contribution in [1.29, 1.82) is 0 Å². The lowest BCUT2D eigenvalue weighted by Gasteiger charge is -2.45. The van der Waals surface area contributed by atoms with E-state index in [1.165, 1.54) is 0 Å². The molecule has 0 aliphatic carbocycles. The molecule has 0 aromatic heterocycles. The van der Waals surface area contributed by atoms with Gasteiger partial charge in [0.15, 0.2) is 11.6 Å². The monoisotopic (exact) mass is 454 g/mol. The summed E-state index contributed by atoms with van der Waals surface area (Å²) in [5, 5.41) is 9.04. The van der Waals surface area contributed by atoms with Gasteiger partial charge in [0, 0.05) is 19.5 Å². The van der Waals surface area contributed by atoms with Gasteiger partial charge in [-0.15, -0.1) is 0 Å². The largest absolute Gasteiger partial charge is 0.344 e. The van der Waals surface area contributed by atoms with Gasteiger partial charge in [0.2, 0.25) is 11.8 Å². The summed E-state index contributed by atoms with van der Waals surface area (Å²) in [7, 11) is 0. The molecule has 8 heteroatoms. The fourth-order valence-corrected chi connectivity index (χ4v) is 5.21. The van der Waals surface area contributed by atoms with Crippen molar-refractivity contribution in [1.82, 2.24) is 20.9 Å². The number of benzene rings is 1. The maximum atomic E-state index is 13.7. The number of carbonyl (C=O) groups is 4. The molecule has 3 aliphatic rings. The highest BCUT2D eigenvalue weighted by atomic mass is 16.2. The molecule has 1 aromatic carbocycles. The molecule has 0 saturated carbocycles. The van der Waals surface area contributed by atoms with E-state index < -0.39 is 24.2 Å².